The van der Waals surface area contributed by atoms with Crippen molar-refractivity contribution in [1.82, 2.24) is 0 Å². The predicted octanol–water partition coefficient (Wildman–Crippen LogP) is 4.21. The maximum absolute atomic E-state index is 10.7. The molecule has 76 valence electrons. The first-order valence-corrected chi connectivity index (χ1v) is 6.95. The van der Waals surface area contributed by atoms with Crippen molar-refractivity contribution in [3.05, 3.63) is 19.4 Å². The van der Waals surface area contributed by atoms with Crippen LogP contribution in [0, 0.1) is 2.88 Å². The zero-order chi connectivity index (χ0) is 9.97. The number of carbonyl (C=O) groups is 1. The Morgan fingerprint density at radius 1 is 1.36 bits per heavy atom. The number of carbonyl (C=O) groups excluding carboxylic acids is 1. The van der Waals surface area contributed by atoms with Gasteiger partial charge < -0.3 is 0 Å². The Labute approximate surface area is 102 Å². The minimum Gasteiger partial charge on any atom is -0.297 e. The molecule has 0 atom stereocenters. The third-order valence-electron chi connectivity index (χ3n) is 2.89. The Hall–Kier alpha value is 0.1000. The zero-order valence-electron chi connectivity index (χ0n) is 7.96. The average Bonchev–Trinajstić information content (AvgIpc) is 2.61. The third-order valence-corrected chi connectivity index (χ3v) is 5.04. The van der Waals surface area contributed by atoms with E-state index in [9.17, 15) is 4.79 Å². The fourth-order valence-corrected chi connectivity index (χ4v) is 4.30. The third kappa shape index (κ3) is 2.19. The lowest BCUT2D eigenvalue weighted by Crippen LogP contribution is -2.04. The molecule has 1 aliphatic rings. The first kappa shape index (κ1) is 10.6. The molecule has 0 aliphatic heterocycles. The lowest BCUT2D eigenvalue weighted by molar-refractivity contribution is 0.112. The van der Waals surface area contributed by atoms with Gasteiger partial charge in [0.15, 0.2) is 6.29 Å². The first-order chi connectivity index (χ1) is 6.81. The highest BCUT2D eigenvalue weighted by molar-refractivity contribution is 14.1. The monoisotopic (exact) mass is 320 g/mol. The highest BCUT2D eigenvalue weighted by Crippen LogP contribution is 2.37. The largest absolute Gasteiger partial charge is 0.297 e. The summed E-state index contributed by atoms with van der Waals surface area (Å²) in [4.78, 5) is 11.5. The van der Waals surface area contributed by atoms with Gasteiger partial charge in [-0.2, -0.15) is 0 Å². The van der Waals surface area contributed by atoms with Crippen LogP contribution in [-0.4, -0.2) is 6.29 Å². The van der Waals surface area contributed by atoms with Crippen molar-refractivity contribution >= 4 is 40.2 Å². The highest BCUT2D eigenvalue weighted by Gasteiger charge is 2.19. The van der Waals surface area contributed by atoms with Gasteiger partial charge in [-0.15, -0.1) is 11.3 Å². The normalized spacial score (nSPS) is 18.4. The molecule has 0 N–H and O–H groups in total. The molecule has 0 aromatic carbocycles. The van der Waals surface area contributed by atoms with Crippen LogP contribution in [0.3, 0.4) is 0 Å². The van der Waals surface area contributed by atoms with Gasteiger partial charge in [0.25, 0.3) is 0 Å². The molecule has 14 heavy (non-hydrogen) atoms. The van der Waals surface area contributed by atoms with E-state index in [-0.39, 0.29) is 0 Å². The summed E-state index contributed by atoms with van der Waals surface area (Å²) in [6, 6.07) is 2.09. The summed E-state index contributed by atoms with van der Waals surface area (Å²) in [6.45, 7) is 0. The van der Waals surface area contributed by atoms with E-state index >= 15 is 0 Å². The van der Waals surface area contributed by atoms with Crippen LogP contribution in [0.25, 0.3) is 0 Å². The second-order valence-corrected chi connectivity index (χ2v) is 6.73. The van der Waals surface area contributed by atoms with Crippen LogP contribution in [0.4, 0.5) is 0 Å². The van der Waals surface area contributed by atoms with E-state index < -0.39 is 0 Å². The van der Waals surface area contributed by atoms with Crippen molar-refractivity contribution in [1.29, 1.82) is 0 Å². The zero-order valence-corrected chi connectivity index (χ0v) is 10.9. The van der Waals surface area contributed by atoms with Crippen LogP contribution in [0.15, 0.2) is 6.07 Å². The lowest BCUT2D eigenvalue weighted by atomic mass is 9.85. The molecule has 0 radical (unpaired) electrons. The Kier molecular flexibility index (Phi) is 3.60. The van der Waals surface area contributed by atoms with E-state index in [0.29, 0.717) is 0 Å². The van der Waals surface area contributed by atoms with Crippen molar-refractivity contribution in [3.63, 3.8) is 0 Å². The predicted molar refractivity (Wildman–Crippen MR) is 68.2 cm³/mol. The van der Waals surface area contributed by atoms with Crippen molar-refractivity contribution < 1.29 is 4.79 Å². The molecule has 0 spiro atoms. The van der Waals surface area contributed by atoms with Gasteiger partial charge in [0.2, 0.25) is 0 Å². The highest BCUT2D eigenvalue weighted by atomic mass is 127. The molecule has 1 saturated carbocycles. The minimum absolute atomic E-state index is 0.723. The van der Waals surface area contributed by atoms with E-state index in [1.165, 1.54) is 40.6 Å². The van der Waals surface area contributed by atoms with Gasteiger partial charge in [0, 0.05) is 0 Å². The Morgan fingerprint density at radius 3 is 2.64 bits per heavy atom. The molecule has 1 aliphatic carbocycles. The van der Waals surface area contributed by atoms with Crippen LogP contribution in [0.1, 0.15) is 53.3 Å². The topological polar surface area (TPSA) is 17.1 Å². The van der Waals surface area contributed by atoms with Crippen molar-refractivity contribution in [2.75, 3.05) is 0 Å². The number of halogens is 1. The van der Waals surface area contributed by atoms with Crippen molar-refractivity contribution in [2.45, 2.75) is 38.0 Å². The summed E-state index contributed by atoms with van der Waals surface area (Å²) in [5.41, 5.74) is 1.43. The minimum atomic E-state index is 0.723. The molecule has 1 aromatic rings. The molecule has 1 aromatic heterocycles. The van der Waals surface area contributed by atoms with Crippen LogP contribution in [-0.2, 0) is 0 Å². The first-order valence-electron chi connectivity index (χ1n) is 5.05. The van der Waals surface area contributed by atoms with Gasteiger partial charge in [-0.25, -0.2) is 0 Å². The van der Waals surface area contributed by atoms with Gasteiger partial charge >= 0.3 is 0 Å². The fourth-order valence-electron chi connectivity index (χ4n) is 2.15. The number of aldehydes is 1. The molecule has 2 rings (SSSR count). The number of rotatable bonds is 2. The molecule has 1 nitrogen and oxygen atoms in total. The Balaban J connectivity index is 2.20. The average molecular weight is 320 g/mol. The maximum Gasteiger partial charge on any atom is 0.160 e. The Morgan fingerprint density at radius 2 is 2.07 bits per heavy atom. The summed E-state index contributed by atoms with van der Waals surface area (Å²) in [6.07, 6.45) is 7.69. The summed E-state index contributed by atoms with van der Waals surface area (Å²) in [7, 11) is 0. The van der Waals surface area contributed by atoms with Gasteiger partial charge in [0.05, 0.1) is 7.76 Å². The van der Waals surface area contributed by atoms with E-state index in [0.717, 1.165) is 17.1 Å². The molecule has 0 saturated heterocycles. The number of thiophene rings is 1. The van der Waals surface area contributed by atoms with Crippen LogP contribution in [0.5, 0.6) is 0 Å². The maximum atomic E-state index is 10.7. The molecule has 0 bridgehead atoms. The molecule has 0 unspecified atom stereocenters. The SMILES string of the molecule is O=Cc1cc(C2CCCCC2)c(I)s1. The molecule has 3 heteroatoms. The van der Waals surface area contributed by atoms with Crippen LogP contribution in [0.2, 0.25) is 0 Å². The summed E-state index contributed by atoms with van der Waals surface area (Å²) in [5, 5.41) is 0. The molecular formula is C11H13IOS. The second-order valence-electron chi connectivity index (χ2n) is 3.83. The second kappa shape index (κ2) is 4.75. The standard InChI is InChI=1S/C11H13IOS/c12-11-10(6-9(7-13)14-11)8-4-2-1-3-5-8/h6-8H,1-5H2. The summed E-state index contributed by atoms with van der Waals surface area (Å²) < 4.78 is 1.32. The molecule has 1 heterocycles. The summed E-state index contributed by atoms with van der Waals surface area (Å²) >= 11 is 3.99. The molecule has 0 amide bonds. The lowest BCUT2D eigenvalue weighted by Gasteiger charge is -2.21. The van der Waals surface area contributed by atoms with E-state index in [1.807, 2.05) is 0 Å². The van der Waals surface area contributed by atoms with Crippen molar-refractivity contribution in [3.8, 4) is 0 Å². The van der Waals surface area contributed by atoms with Gasteiger partial charge in [-0.05, 0) is 53.0 Å². The number of hydrogen-bond donors (Lipinski definition) is 0. The fraction of sp³-hybridized carbons (Fsp3) is 0.545. The molecule has 1 fully saturated rings. The number of hydrogen-bond acceptors (Lipinski definition) is 2. The van der Waals surface area contributed by atoms with E-state index in [4.69, 9.17) is 0 Å². The van der Waals surface area contributed by atoms with E-state index in [2.05, 4.69) is 28.7 Å². The van der Waals surface area contributed by atoms with E-state index in [1.54, 1.807) is 11.3 Å². The quantitative estimate of drug-likeness (QED) is 0.589. The smallest absolute Gasteiger partial charge is 0.160 e. The Bertz CT molecular complexity index is 326. The van der Waals surface area contributed by atoms with Gasteiger partial charge in [-0.3, -0.25) is 4.79 Å². The van der Waals surface area contributed by atoms with Crippen LogP contribution < -0.4 is 0 Å². The summed E-state index contributed by atoms with van der Waals surface area (Å²) in [5.74, 6) is 0.723. The van der Waals surface area contributed by atoms with Crippen LogP contribution >= 0.6 is 33.9 Å². The van der Waals surface area contributed by atoms with Crippen molar-refractivity contribution in [2.24, 2.45) is 0 Å². The van der Waals surface area contributed by atoms with Gasteiger partial charge in [-0.1, -0.05) is 19.3 Å². The van der Waals surface area contributed by atoms with Gasteiger partial charge in [0.1, 0.15) is 0 Å². The molecular weight excluding hydrogens is 307 g/mol.